The number of ether oxygens (including phenoxy) is 2. The molecule has 1 heterocycles. The largest absolute Gasteiger partial charge is 0.482 e. The minimum Gasteiger partial charge on any atom is -0.482 e. The topological polar surface area (TPSA) is 76.7 Å². The summed E-state index contributed by atoms with van der Waals surface area (Å²) in [6.07, 6.45) is 2.25. The number of methoxy groups -OCH3 is 1. The van der Waals surface area contributed by atoms with Gasteiger partial charge in [0, 0.05) is 11.3 Å². The van der Waals surface area contributed by atoms with Crippen LogP contribution in [0, 0.1) is 5.92 Å². The van der Waals surface area contributed by atoms with Gasteiger partial charge in [0.25, 0.3) is 5.91 Å². The maximum Gasteiger partial charge on any atom is 0.343 e. The Morgan fingerprint density at radius 2 is 1.82 bits per heavy atom. The lowest BCUT2D eigenvalue weighted by atomic mass is 9.98. The smallest absolute Gasteiger partial charge is 0.343 e. The molecule has 6 nitrogen and oxygen atoms in total. The average molecular weight is 405 g/mol. The summed E-state index contributed by atoms with van der Waals surface area (Å²) in [7, 11) is 1.31. The van der Waals surface area contributed by atoms with Crippen LogP contribution in [-0.4, -0.2) is 38.7 Å². The molecular formula is C21H25ClN2O4. The summed E-state index contributed by atoms with van der Waals surface area (Å²) in [4.78, 5) is 23.5. The first-order chi connectivity index (χ1) is 13.1. The summed E-state index contributed by atoms with van der Waals surface area (Å²) in [6.45, 7) is 2.02. The number of carbonyl (C=O) groups excluding carboxylic acids is 2. The van der Waals surface area contributed by atoms with E-state index in [1.807, 2.05) is 24.3 Å². The Labute approximate surface area is 171 Å². The number of benzene rings is 2. The second-order valence-corrected chi connectivity index (χ2v) is 6.60. The quantitative estimate of drug-likeness (QED) is 0.693. The zero-order valence-corrected chi connectivity index (χ0v) is 16.6. The fourth-order valence-corrected chi connectivity index (χ4v) is 3.05. The first-order valence-electron chi connectivity index (χ1n) is 9.05. The number of carbonyl (C=O) groups is 2. The number of amides is 1. The van der Waals surface area contributed by atoms with Crippen molar-refractivity contribution in [2.75, 3.05) is 32.1 Å². The van der Waals surface area contributed by atoms with Crippen LogP contribution in [0.2, 0.25) is 0 Å². The third-order valence-corrected chi connectivity index (χ3v) is 4.60. The maximum atomic E-state index is 12.4. The molecule has 150 valence electrons. The number of anilines is 1. The summed E-state index contributed by atoms with van der Waals surface area (Å²) >= 11 is 0. The van der Waals surface area contributed by atoms with Crippen molar-refractivity contribution in [3.05, 3.63) is 59.7 Å². The molecule has 1 atom stereocenters. The molecule has 1 amide bonds. The molecule has 0 radical (unpaired) electrons. The van der Waals surface area contributed by atoms with E-state index < -0.39 is 5.97 Å². The Hall–Kier alpha value is -2.57. The van der Waals surface area contributed by atoms with Gasteiger partial charge in [-0.2, -0.15) is 0 Å². The van der Waals surface area contributed by atoms with Gasteiger partial charge in [-0.3, -0.25) is 4.79 Å². The van der Waals surface area contributed by atoms with Crippen LogP contribution < -0.4 is 15.4 Å². The van der Waals surface area contributed by atoms with Crippen LogP contribution in [0.25, 0.3) is 0 Å². The van der Waals surface area contributed by atoms with Crippen molar-refractivity contribution in [3.63, 3.8) is 0 Å². The molecule has 0 aliphatic carbocycles. The number of hydrogen-bond donors (Lipinski definition) is 2. The van der Waals surface area contributed by atoms with Gasteiger partial charge in [-0.05, 0) is 73.8 Å². The van der Waals surface area contributed by atoms with Crippen molar-refractivity contribution >= 4 is 30.0 Å². The van der Waals surface area contributed by atoms with E-state index in [0.29, 0.717) is 22.9 Å². The fourth-order valence-electron chi connectivity index (χ4n) is 3.05. The third kappa shape index (κ3) is 6.25. The highest BCUT2D eigenvalue weighted by Gasteiger charge is 2.15. The molecule has 0 saturated carbocycles. The molecule has 28 heavy (non-hydrogen) atoms. The van der Waals surface area contributed by atoms with Crippen LogP contribution >= 0.6 is 12.4 Å². The molecule has 1 fully saturated rings. The first-order valence-corrected chi connectivity index (χ1v) is 9.05. The molecule has 3 rings (SSSR count). The second kappa shape index (κ2) is 10.7. The highest BCUT2D eigenvalue weighted by Crippen LogP contribution is 2.18. The Morgan fingerprint density at radius 1 is 1.11 bits per heavy atom. The van der Waals surface area contributed by atoms with Crippen LogP contribution in [0.4, 0.5) is 5.69 Å². The Balaban J connectivity index is 0.00000280. The van der Waals surface area contributed by atoms with Crippen molar-refractivity contribution in [3.8, 4) is 5.75 Å². The van der Waals surface area contributed by atoms with E-state index in [0.717, 1.165) is 19.5 Å². The van der Waals surface area contributed by atoms with Crippen molar-refractivity contribution < 1.29 is 19.1 Å². The van der Waals surface area contributed by atoms with Crippen molar-refractivity contribution in [1.29, 1.82) is 0 Å². The Bertz CT molecular complexity index is 772. The summed E-state index contributed by atoms with van der Waals surface area (Å²) < 4.78 is 9.80. The van der Waals surface area contributed by atoms with E-state index in [1.54, 1.807) is 24.3 Å². The molecule has 2 aromatic carbocycles. The minimum absolute atomic E-state index is 0. The number of esters is 1. The number of rotatable bonds is 7. The molecule has 1 unspecified atom stereocenters. The molecule has 1 saturated heterocycles. The SMILES string of the molecule is COC(=O)COc1ccc(NC(=O)c2ccc(CC3CCNC3)cc2)cc1.Cl. The van der Waals surface area contributed by atoms with Gasteiger partial charge in [0.1, 0.15) is 5.75 Å². The van der Waals surface area contributed by atoms with Gasteiger partial charge in [0.05, 0.1) is 7.11 Å². The zero-order valence-electron chi connectivity index (χ0n) is 15.8. The molecule has 7 heteroatoms. The van der Waals surface area contributed by atoms with Crippen LogP contribution in [0.5, 0.6) is 5.75 Å². The Kier molecular flexibility index (Phi) is 8.29. The first kappa shape index (κ1) is 21.7. The van der Waals surface area contributed by atoms with E-state index in [-0.39, 0.29) is 24.9 Å². The van der Waals surface area contributed by atoms with E-state index in [9.17, 15) is 9.59 Å². The molecule has 1 aliphatic heterocycles. The monoisotopic (exact) mass is 404 g/mol. The van der Waals surface area contributed by atoms with E-state index in [4.69, 9.17) is 4.74 Å². The Morgan fingerprint density at radius 3 is 2.43 bits per heavy atom. The highest BCUT2D eigenvalue weighted by atomic mass is 35.5. The third-order valence-electron chi connectivity index (χ3n) is 4.60. The van der Waals surface area contributed by atoms with Gasteiger partial charge < -0.3 is 20.1 Å². The van der Waals surface area contributed by atoms with Gasteiger partial charge in [0.2, 0.25) is 0 Å². The lowest BCUT2D eigenvalue weighted by molar-refractivity contribution is -0.142. The summed E-state index contributed by atoms with van der Waals surface area (Å²) in [5.41, 5.74) is 2.54. The molecule has 2 aromatic rings. The summed E-state index contributed by atoms with van der Waals surface area (Å²) in [6, 6.07) is 14.6. The van der Waals surface area contributed by atoms with Gasteiger partial charge >= 0.3 is 5.97 Å². The minimum atomic E-state index is -0.444. The molecule has 2 N–H and O–H groups in total. The zero-order chi connectivity index (χ0) is 19.1. The number of halogens is 1. The molecule has 0 bridgehead atoms. The van der Waals surface area contributed by atoms with Crippen molar-refractivity contribution in [2.45, 2.75) is 12.8 Å². The maximum absolute atomic E-state index is 12.4. The van der Waals surface area contributed by atoms with Crippen LogP contribution in [-0.2, 0) is 16.0 Å². The van der Waals surface area contributed by atoms with Crippen LogP contribution in [0.15, 0.2) is 48.5 Å². The molecular weight excluding hydrogens is 380 g/mol. The van der Waals surface area contributed by atoms with E-state index >= 15 is 0 Å². The van der Waals surface area contributed by atoms with Gasteiger partial charge in [-0.15, -0.1) is 12.4 Å². The van der Waals surface area contributed by atoms with Crippen molar-refractivity contribution in [1.82, 2.24) is 5.32 Å². The standard InChI is InChI=1S/C21H24N2O4.ClH/c1-26-20(24)14-27-19-8-6-18(7-9-19)23-21(25)17-4-2-15(3-5-17)12-16-10-11-22-13-16;/h2-9,16,22H,10-14H2,1H3,(H,23,25);1H. The molecule has 0 spiro atoms. The molecule has 0 aromatic heterocycles. The van der Waals surface area contributed by atoms with Gasteiger partial charge in [0.15, 0.2) is 6.61 Å². The summed E-state index contributed by atoms with van der Waals surface area (Å²) in [5, 5.41) is 6.23. The lowest BCUT2D eigenvalue weighted by Gasteiger charge is -2.10. The predicted octanol–water partition coefficient (Wildman–Crippen LogP) is 3.06. The molecule has 1 aliphatic rings. The highest BCUT2D eigenvalue weighted by molar-refractivity contribution is 6.04. The van der Waals surface area contributed by atoms with Crippen molar-refractivity contribution in [2.24, 2.45) is 5.92 Å². The van der Waals surface area contributed by atoms with Crippen LogP contribution in [0.1, 0.15) is 22.3 Å². The predicted molar refractivity (Wildman–Crippen MR) is 110 cm³/mol. The second-order valence-electron chi connectivity index (χ2n) is 6.60. The number of nitrogens with one attached hydrogen (secondary N) is 2. The fraction of sp³-hybridized carbons (Fsp3) is 0.333. The van der Waals surface area contributed by atoms with Gasteiger partial charge in [-0.25, -0.2) is 4.79 Å². The summed E-state index contributed by atoms with van der Waals surface area (Å²) in [5.74, 6) is 0.612. The van der Waals surface area contributed by atoms with Gasteiger partial charge in [-0.1, -0.05) is 12.1 Å². The lowest BCUT2D eigenvalue weighted by Crippen LogP contribution is -2.13. The van der Waals surface area contributed by atoms with E-state index in [1.165, 1.54) is 19.1 Å². The number of hydrogen-bond acceptors (Lipinski definition) is 5. The van der Waals surface area contributed by atoms with E-state index in [2.05, 4.69) is 15.4 Å². The van der Waals surface area contributed by atoms with Crippen LogP contribution in [0.3, 0.4) is 0 Å². The normalized spacial score (nSPS) is 15.4. The average Bonchev–Trinajstić information content (AvgIpc) is 3.20.